The van der Waals surface area contributed by atoms with Gasteiger partial charge < -0.3 is 0 Å². The second-order valence-electron chi connectivity index (χ2n) is 5.16. The van der Waals surface area contributed by atoms with Gasteiger partial charge in [-0.25, -0.2) is 9.97 Å². The first-order chi connectivity index (χ1) is 9.24. The van der Waals surface area contributed by atoms with E-state index in [-0.39, 0.29) is 11.6 Å². The second kappa shape index (κ2) is 4.92. The number of carbonyl (C=O) groups excluding carboxylic acids is 1. The van der Waals surface area contributed by atoms with Crippen LogP contribution in [0.2, 0.25) is 0 Å². The van der Waals surface area contributed by atoms with Gasteiger partial charge >= 0.3 is 0 Å². The van der Waals surface area contributed by atoms with Gasteiger partial charge in [-0.1, -0.05) is 30.7 Å². The molecule has 1 aromatic heterocycles. The average Bonchev–Trinajstić information content (AvgIpc) is 2.38. The number of aryl methyl sites for hydroxylation is 1. The van der Waals surface area contributed by atoms with Gasteiger partial charge in [0.05, 0.1) is 0 Å². The molecule has 0 radical (unpaired) electrons. The molecule has 1 heterocycles. The van der Waals surface area contributed by atoms with Crippen LogP contribution in [0.5, 0.6) is 0 Å². The van der Waals surface area contributed by atoms with E-state index in [0.29, 0.717) is 11.5 Å². The number of carbonyl (C=O) groups is 1. The summed E-state index contributed by atoms with van der Waals surface area (Å²) in [5.41, 5.74) is 2.96. The first kappa shape index (κ1) is 12.0. The van der Waals surface area contributed by atoms with E-state index in [2.05, 4.69) is 22.1 Å². The maximum absolute atomic E-state index is 12.2. The Hall–Kier alpha value is -2.03. The van der Waals surface area contributed by atoms with Crippen molar-refractivity contribution in [3.63, 3.8) is 0 Å². The molecule has 3 rings (SSSR count). The first-order valence-corrected chi connectivity index (χ1v) is 6.67. The molecule has 19 heavy (non-hydrogen) atoms. The van der Waals surface area contributed by atoms with Gasteiger partial charge in [0, 0.05) is 18.0 Å². The van der Waals surface area contributed by atoms with E-state index in [1.807, 2.05) is 19.1 Å². The maximum Gasteiger partial charge on any atom is 0.230 e. The Morgan fingerprint density at radius 3 is 2.26 bits per heavy atom. The summed E-state index contributed by atoms with van der Waals surface area (Å²) in [4.78, 5) is 20.4. The molecule has 1 aromatic carbocycles. The van der Waals surface area contributed by atoms with Crippen molar-refractivity contribution in [1.82, 2.24) is 9.97 Å². The van der Waals surface area contributed by atoms with E-state index in [1.165, 1.54) is 24.8 Å². The number of hydrogen-bond donors (Lipinski definition) is 0. The summed E-state index contributed by atoms with van der Waals surface area (Å²) in [6, 6.07) is 7.90. The van der Waals surface area contributed by atoms with Gasteiger partial charge in [0.2, 0.25) is 11.6 Å². The number of ketones is 1. The van der Waals surface area contributed by atoms with Crippen molar-refractivity contribution in [1.29, 1.82) is 0 Å². The summed E-state index contributed by atoms with van der Waals surface area (Å²) < 4.78 is 0. The fourth-order valence-electron chi connectivity index (χ4n) is 2.29. The highest BCUT2D eigenvalue weighted by atomic mass is 16.1. The second-order valence-corrected chi connectivity index (χ2v) is 5.16. The highest BCUT2D eigenvalue weighted by molar-refractivity contribution is 6.06. The predicted molar refractivity (Wildman–Crippen MR) is 73.2 cm³/mol. The topological polar surface area (TPSA) is 42.9 Å². The van der Waals surface area contributed by atoms with Gasteiger partial charge in [0.25, 0.3) is 0 Å². The predicted octanol–water partition coefficient (Wildman–Crippen LogP) is 3.28. The molecular formula is C16H16N2O. The third-order valence-corrected chi connectivity index (χ3v) is 3.73. The lowest BCUT2D eigenvalue weighted by Gasteiger charge is -2.25. The Kier molecular flexibility index (Phi) is 3.11. The quantitative estimate of drug-likeness (QED) is 0.787. The lowest BCUT2D eigenvalue weighted by Crippen LogP contribution is -2.10. The van der Waals surface area contributed by atoms with Gasteiger partial charge in [-0.05, 0) is 36.8 Å². The van der Waals surface area contributed by atoms with Crippen molar-refractivity contribution in [3.05, 3.63) is 59.2 Å². The first-order valence-electron chi connectivity index (χ1n) is 6.67. The van der Waals surface area contributed by atoms with E-state index in [1.54, 1.807) is 12.4 Å². The van der Waals surface area contributed by atoms with E-state index in [4.69, 9.17) is 0 Å². The molecule has 1 saturated carbocycles. The van der Waals surface area contributed by atoms with Crippen molar-refractivity contribution in [3.8, 4) is 0 Å². The Labute approximate surface area is 112 Å². The van der Waals surface area contributed by atoms with E-state index < -0.39 is 0 Å². The Bertz CT molecular complexity index is 583. The molecule has 3 heteroatoms. The van der Waals surface area contributed by atoms with Gasteiger partial charge in [-0.15, -0.1) is 0 Å². The standard InChI is InChI=1S/C16H16N2O/c1-11-9-17-16(18-10-11)15(19)14-7-5-13(6-8-14)12-3-2-4-12/h5-10,12H,2-4H2,1H3. The summed E-state index contributed by atoms with van der Waals surface area (Å²) in [5.74, 6) is 0.849. The van der Waals surface area contributed by atoms with E-state index in [0.717, 1.165) is 5.56 Å². The van der Waals surface area contributed by atoms with Crippen LogP contribution in [0.15, 0.2) is 36.7 Å². The van der Waals surface area contributed by atoms with Gasteiger partial charge in [-0.2, -0.15) is 0 Å². The molecule has 96 valence electrons. The van der Waals surface area contributed by atoms with Crippen LogP contribution in [0, 0.1) is 6.92 Å². The fraction of sp³-hybridized carbons (Fsp3) is 0.312. The number of rotatable bonds is 3. The lowest BCUT2D eigenvalue weighted by atomic mass is 9.80. The molecule has 1 aliphatic carbocycles. The Balaban J connectivity index is 1.81. The summed E-state index contributed by atoms with van der Waals surface area (Å²) in [6.07, 6.45) is 7.21. The number of nitrogens with zero attached hydrogens (tertiary/aromatic N) is 2. The SMILES string of the molecule is Cc1cnc(C(=O)c2ccc(C3CCC3)cc2)nc1. The van der Waals surface area contributed by atoms with Crippen molar-refractivity contribution in [2.24, 2.45) is 0 Å². The number of aromatic nitrogens is 2. The van der Waals surface area contributed by atoms with Crippen LogP contribution in [0.1, 0.15) is 52.5 Å². The monoisotopic (exact) mass is 252 g/mol. The minimum absolute atomic E-state index is 0.111. The summed E-state index contributed by atoms with van der Waals surface area (Å²) in [5, 5.41) is 0. The number of benzene rings is 1. The summed E-state index contributed by atoms with van der Waals surface area (Å²) in [6.45, 7) is 1.90. The molecule has 0 unspecified atom stereocenters. The zero-order chi connectivity index (χ0) is 13.2. The van der Waals surface area contributed by atoms with Crippen LogP contribution in [0.25, 0.3) is 0 Å². The fourth-order valence-corrected chi connectivity index (χ4v) is 2.29. The molecule has 0 spiro atoms. The third kappa shape index (κ3) is 2.41. The van der Waals surface area contributed by atoms with E-state index >= 15 is 0 Å². The van der Waals surface area contributed by atoms with Crippen LogP contribution in [-0.4, -0.2) is 15.8 Å². The molecule has 0 aliphatic heterocycles. The molecule has 0 amide bonds. The Morgan fingerprint density at radius 1 is 1.11 bits per heavy atom. The third-order valence-electron chi connectivity index (χ3n) is 3.73. The zero-order valence-electron chi connectivity index (χ0n) is 11.0. The van der Waals surface area contributed by atoms with Gasteiger partial charge in [-0.3, -0.25) is 4.79 Å². The molecular weight excluding hydrogens is 236 g/mol. The van der Waals surface area contributed by atoms with Crippen LogP contribution in [-0.2, 0) is 0 Å². The molecule has 0 N–H and O–H groups in total. The number of hydrogen-bond acceptors (Lipinski definition) is 3. The van der Waals surface area contributed by atoms with Crippen LogP contribution >= 0.6 is 0 Å². The molecule has 3 nitrogen and oxygen atoms in total. The largest absolute Gasteiger partial charge is 0.285 e. The van der Waals surface area contributed by atoms with Gasteiger partial charge in [0.15, 0.2) is 0 Å². The van der Waals surface area contributed by atoms with Crippen LogP contribution in [0.4, 0.5) is 0 Å². The van der Waals surface area contributed by atoms with Crippen molar-refractivity contribution < 1.29 is 4.79 Å². The maximum atomic E-state index is 12.2. The highest BCUT2D eigenvalue weighted by Crippen LogP contribution is 2.36. The highest BCUT2D eigenvalue weighted by Gasteiger charge is 2.20. The van der Waals surface area contributed by atoms with Crippen LogP contribution in [0.3, 0.4) is 0 Å². The minimum Gasteiger partial charge on any atom is -0.285 e. The van der Waals surface area contributed by atoms with Crippen LogP contribution < -0.4 is 0 Å². The van der Waals surface area contributed by atoms with Crippen molar-refractivity contribution >= 4 is 5.78 Å². The average molecular weight is 252 g/mol. The molecule has 2 aromatic rings. The zero-order valence-corrected chi connectivity index (χ0v) is 11.0. The summed E-state index contributed by atoms with van der Waals surface area (Å²) in [7, 11) is 0. The van der Waals surface area contributed by atoms with Gasteiger partial charge in [0.1, 0.15) is 0 Å². The normalized spacial score (nSPS) is 15.0. The summed E-state index contributed by atoms with van der Waals surface area (Å²) >= 11 is 0. The molecule has 1 aliphatic rings. The smallest absolute Gasteiger partial charge is 0.230 e. The molecule has 0 atom stereocenters. The van der Waals surface area contributed by atoms with Crippen molar-refractivity contribution in [2.45, 2.75) is 32.1 Å². The molecule has 1 fully saturated rings. The lowest BCUT2D eigenvalue weighted by molar-refractivity contribution is 0.102. The molecule has 0 saturated heterocycles. The Morgan fingerprint density at radius 2 is 1.74 bits per heavy atom. The molecule has 0 bridgehead atoms. The minimum atomic E-state index is -0.111. The van der Waals surface area contributed by atoms with Crippen molar-refractivity contribution in [2.75, 3.05) is 0 Å². The van der Waals surface area contributed by atoms with E-state index in [9.17, 15) is 4.79 Å².